The Kier molecular flexibility index (Phi) is 3.16. The maximum atomic E-state index is 10.1. The van der Waals surface area contributed by atoms with Crippen LogP contribution in [0.25, 0.3) is 21.8 Å². The molecule has 0 saturated heterocycles. The molecular formula is C18H14N4O. The van der Waals surface area contributed by atoms with Gasteiger partial charge >= 0.3 is 0 Å². The first-order chi connectivity index (χ1) is 11.3. The number of phenolic OH excluding ortho intramolecular Hbond substituents is 1. The molecule has 5 heteroatoms. The molecule has 0 bridgehead atoms. The second kappa shape index (κ2) is 5.46. The Morgan fingerprint density at radius 3 is 2.74 bits per heavy atom. The quantitative estimate of drug-likeness (QED) is 0.397. The van der Waals surface area contributed by atoms with E-state index in [2.05, 4.69) is 20.5 Å². The molecule has 5 nitrogen and oxygen atoms in total. The number of para-hydroxylation sites is 2. The van der Waals surface area contributed by atoms with Crippen molar-refractivity contribution in [2.75, 3.05) is 5.43 Å². The van der Waals surface area contributed by atoms with Crippen molar-refractivity contribution < 1.29 is 5.11 Å². The maximum Gasteiger partial charge on any atom is 0.222 e. The number of imidazole rings is 1. The van der Waals surface area contributed by atoms with Gasteiger partial charge in [-0.3, -0.25) is 0 Å². The van der Waals surface area contributed by atoms with Crippen molar-refractivity contribution in [2.24, 2.45) is 5.10 Å². The summed E-state index contributed by atoms with van der Waals surface area (Å²) < 4.78 is 0. The largest absolute Gasteiger partial charge is 0.507 e. The fourth-order valence-electron chi connectivity index (χ4n) is 2.58. The highest BCUT2D eigenvalue weighted by atomic mass is 16.3. The van der Waals surface area contributed by atoms with Gasteiger partial charge in [-0.25, -0.2) is 10.4 Å². The first kappa shape index (κ1) is 13.3. The molecule has 0 radical (unpaired) electrons. The number of aromatic hydroxyl groups is 1. The highest BCUT2D eigenvalue weighted by molar-refractivity contribution is 6.02. The molecule has 0 saturated carbocycles. The Labute approximate surface area is 132 Å². The van der Waals surface area contributed by atoms with Gasteiger partial charge in [0.2, 0.25) is 5.95 Å². The number of phenols is 1. The normalized spacial score (nSPS) is 11.5. The molecule has 3 N–H and O–H groups in total. The van der Waals surface area contributed by atoms with Crippen LogP contribution >= 0.6 is 0 Å². The number of H-pyrrole nitrogens is 1. The van der Waals surface area contributed by atoms with Crippen molar-refractivity contribution in [3.63, 3.8) is 0 Å². The van der Waals surface area contributed by atoms with Crippen LogP contribution in [0, 0.1) is 0 Å². The van der Waals surface area contributed by atoms with Crippen LogP contribution in [0.5, 0.6) is 5.75 Å². The molecule has 4 aromatic rings. The van der Waals surface area contributed by atoms with E-state index in [1.807, 2.05) is 54.6 Å². The predicted molar refractivity (Wildman–Crippen MR) is 92.9 cm³/mol. The third-order valence-corrected chi connectivity index (χ3v) is 3.70. The van der Waals surface area contributed by atoms with E-state index in [0.29, 0.717) is 11.5 Å². The molecule has 0 aliphatic carbocycles. The predicted octanol–water partition coefficient (Wildman–Crippen LogP) is 3.87. The second-order valence-electron chi connectivity index (χ2n) is 5.19. The molecule has 1 heterocycles. The lowest BCUT2D eigenvalue weighted by molar-refractivity contribution is 0.475. The zero-order valence-corrected chi connectivity index (χ0v) is 12.2. The van der Waals surface area contributed by atoms with Crippen molar-refractivity contribution >= 4 is 34.0 Å². The molecule has 0 aliphatic rings. The fraction of sp³-hybridized carbons (Fsp3) is 0. The highest BCUT2D eigenvalue weighted by Crippen LogP contribution is 2.25. The summed E-state index contributed by atoms with van der Waals surface area (Å²) in [4.78, 5) is 7.52. The van der Waals surface area contributed by atoms with E-state index in [1.165, 1.54) is 0 Å². The van der Waals surface area contributed by atoms with E-state index in [9.17, 15) is 5.11 Å². The number of aromatic amines is 1. The standard InChI is InChI=1S/C18H14N4O/c23-17-10-9-12-5-1-2-6-13(12)14(17)11-19-22-18-20-15-7-3-4-8-16(15)21-18/h1-11,23H,(H2,20,21,22). The Balaban J connectivity index is 1.65. The zero-order valence-electron chi connectivity index (χ0n) is 12.2. The summed E-state index contributed by atoms with van der Waals surface area (Å²) in [6.07, 6.45) is 1.60. The van der Waals surface area contributed by atoms with Crippen LogP contribution in [0.15, 0.2) is 65.8 Å². The summed E-state index contributed by atoms with van der Waals surface area (Å²) in [6.45, 7) is 0. The third-order valence-electron chi connectivity index (χ3n) is 3.70. The summed E-state index contributed by atoms with van der Waals surface area (Å²) in [7, 11) is 0. The minimum atomic E-state index is 0.193. The summed E-state index contributed by atoms with van der Waals surface area (Å²) in [5, 5.41) is 16.3. The van der Waals surface area contributed by atoms with Crippen LogP contribution in [-0.2, 0) is 0 Å². The topological polar surface area (TPSA) is 73.3 Å². The van der Waals surface area contributed by atoms with Crippen molar-refractivity contribution in [1.82, 2.24) is 9.97 Å². The first-order valence-corrected chi connectivity index (χ1v) is 7.26. The van der Waals surface area contributed by atoms with Crippen LogP contribution in [0.3, 0.4) is 0 Å². The zero-order chi connectivity index (χ0) is 15.6. The van der Waals surface area contributed by atoms with Crippen LogP contribution in [-0.4, -0.2) is 21.3 Å². The van der Waals surface area contributed by atoms with Crippen molar-refractivity contribution in [2.45, 2.75) is 0 Å². The lowest BCUT2D eigenvalue weighted by atomic mass is 10.0. The molecule has 0 aliphatic heterocycles. The van der Waals surface area contributed by atoms with Gasteiger partial charge in [-0.2, -0.15) is 5.10 Å². The van der Waals surface area contributed by atoms with Crippen LogP contribution in [0.1, 0.15) is 5.56 Å². The molecule has 1 aromatic heterocycles. The van der Waals surface area contributed by atoms with E-state index < -0.39 is 0 Å². The number of anilines is 1. The van der Waals surface area contributed by atoms with Gasteiger partial charge in [0.05, 0.1) is 17.2 Å². The number of nitrogens with one attached hydrogen (secondary N) is 2. The molecule has 0 spiro atoms. The van der Waals surface area contributed by atoms with E-state index in [4.69, 9.17) is 0 Å². The summed E-state index contributed by atoms with van der Waals surface area (Å²) in [5.74, 6) is 0.751. The van der Waals surface area contributed by atoms with Crippen molar-refractivity contribution in [1.29, 1.82) is 0 Å². The average molecular weight is 302 g/mol. The van der Waals surface area contributed by atoms with Crippen molar-refractivity contribution in [3.05, 3.63) is 66.2 Å². The molecule has 0 unspecified atom stereocenters. The Morgan fingerprint density at radius 1 is 1.00 bits per heavy atom. The van der Waals surface area contributed by atoms with Crippen molar-refractivity contribution in [3.8, 4) is 5.75 Å². The smallest absolute Gasteiger partial charge is 0.222 e. The van der Waals surface area contributed by atoms with Gasteiger partial charge in [-0.05, 0) is 29.0 Å². The summed E-state index contributed by atoms with van der Waals surface area (Å²) in [5.41, 5.74) is 5.36. The molecule has 0 fully saturated rings. The van der Waals surface area contributed by atoms with Crippen LogP contribution in [0.2, 0.25) is 0 Å². The molecule has 0 atom stereocenters. The molecule has 4 rings (SSSR count). The molecular weight excluding hydrogens is 288 g/mol. The SMILES string of the molecule is Oc1ccc2ccccc2c1C=NNc1nc2ccccc2[nH]1. The number of fused-ring (bicyclic) bond motifs is 2. The van der Waals surface area contributed by atoms with Gasteiger partial charge < -0.3 is 10.1 Å². The Hall–Kier alpha value is -3.34. The first-order valence-electron chi connectivity index (χ1n) is 7.26. The van der Waals surface area contributed by atoms with Crippen LogP contribution in [0.4, 0.5) is 5.95 Å². The van der Waals surface area contributed by atoms with Gasteiger partial charge in [-0.15, -0.1) is 0 Å². The van der Waals surface area contributed by atoms with E-state index in [-0.39, 0.29) is 5.75 Å². The number of hydrogen-bond donors (Lipinski definition) is 3. The summed E-state index contributed by atoms with van der Waals surface area (Å²) in [6, 6.07) is 19.2. The Morgan fingerprint density at radius 2 is 1.83 bits per heavy atom. The van der Waals surface area contributed by atoms with Gasteiger partial charge in [0, 0.05) is 5.56 Å². The number of rotatable bonds is 3. The molecule has 112 valence electrons. The second-order valence-corrected chi connectivity index (χ2v) is 5.19. The fourth-order valence-corrected chi connectivity index (χ4v) is 2.58. The van der Waals surface area contributed by atoms with Crippen LogP contribution < -0.4 is 5.43 Å². The third kappa shape index (κ3) is 2.48. The summed E-state index contributed by atoms with van der Waals surface area (Å²) >= 11 is 0. The van der Waals surface area contributed by atoms with E-state index in [0.717, 1.165) is 21.8 Å². The number of benzene rings is 3. The van der Waals surface area contributed by atoms with Gasteiger partial charge in [0.25, 0.3) is 0 Å². The lowest BCUT2D eigenvalue weighted by Gasteiger charge is -2.04. The van der Waals surface area contributed by atoms with E-state index >= 15 is 0 Å². The highest BCUT2D eigenvalue weighted by Gasteiger charge is 2.04. The maximum absolute atomic E-state index is 10.1. The average Bonchev–Trinajstić information content (AvgIpc) is 2.99. The Bertz CT molecular complexity index is 987. The molecule has 3 aromatic carbocycles. The molecule has 0 amide bonds. The number of aromatic nitrogens is 2. The minimum Gasteiger partial charge on any atom is -0.507 e. The number of nitrogens with zero attached hydrogens (tertiary/aromatic N) is 2. The van der Waals surface area contributed by atoms with E-state index in [1.54, 1.807) is 12.3 Å². The lowest BCUT2D eigenvalue weighted by Crippen LogP contribution is -1.93. The van der Waals surface area contributed by atoms with Gasteiger partial charge in [0.15, 0.2) is 0 Å². The number of hydrazone groups is 1. The van der Waals surface area contributed by atoms with Gasteiger partial charge in [0.1, 0.15) is 5.75 Å². The number of hydrogen-bond acceptors (Lipinski definition) is 4. The van der Waals surface area contributed by atoms with Gasteiger partial charge in [-0.1, -0.05) is 42.5 Å². The monoisotopic (exact) mass is 302 g/mol. The minimum absolute atomic E-state index is 0.193. The molecule has 23 heavy (non-hydrogen) atoms.